The molecule has 3 heteroatoms. The van der Waals surface area contributed by atoms with Gasteiger partial charge in [-0.05, 0) is 39.2 Å². The summed E-state index contributed by atoms with van der Waals surface area (Å²) in [6.07, 6.45) is 5.54. The highest BCUT2D eigenvalue weighted by atomic mass is 16.5. The van der Waals surface area contributed by atoms with Crippen LogP contribution in [0.4, 0.5) is 0 Å². The molecule has 2 aliphatic rings. The molecule has 0 bridgehead atoms. The second-order valence-corrected chi connectivity index (χ2v) is 6.05. The molecule has 3 atom stereocenters. The quantitative estimate of drug-likeness (QED) is 0.818. The first-order chi connectivity index (χ1) is 8.16. The number of nitrogens with one attached hydrogen (secondary N) is 1. The van der Waals surface area contributed by atoms with E-state index in [4.69, 9.17) is 4.74 Å². The van der Waals surface area contributed by atoms with Gasteiger partial charge in [0, 0.05) is 25.0 Å². The van der Waals surface area contributed by atoms with Crippen molar-refractivity contribution in [1.82, 2.24) is 10.2 Å². The summed E-state index contributed by atoms with van der Waals surface area (Å²) < 4.78 is 5.88. The zero-order valence-corrected chi connectivity index (χ0v) is 11.6. The van der Waals surface area contributed by atoms with E-state index in [9.17, 15) is 0 Å². The van der Waals surface area contributed by atoms with Crippen molar-refractivity contribution in [1.29, 1.82) is 0 Å². The maximum atomic E-state index is 5.88. The molecule has 2 aliphatic heterocycles. The number of ether oxygens (including phenoxy) is 1. The van der Waals surface area contributed by atoms with Gasteiger partial charge >= 0.3 is 0 Å². The van der Waals surface area contributed by atoms with Gasteiger partial charge in [-0.2, -0.15) is 0 Å². The zero-order chi connectivity index (χ0) is 12.3. The maximum Gasteiger partial charge on any atom is 0.109 e. The average Bonchev–Trinajstić information content (AvgIpc) is 2.32. The van der Waals surface area contributed by atoms with Crippen LogP contribution >= 0.6 is 0 Å². The first kappa shape index (κ1) is 13.3. The lowest BCUT2D eigenvalue weighted by molar-refractivity contribution is -0.0480. The molecule has 3 unspecified atom stereocenters. The van der Waals surface area contributed by atoms with Crippen molar-refractivity contribution in [2.45, 2.75) is 64.8 Å². The summed E-state index contributed by atoms with van der Waals surface area (Å²) in [5, 5.41) is 3.53. The van der Waals surface area contributed by atoms with E-state index in [1.54, 1.807) is 0 Å². The van der Waals surface area contributed by atoms with E-state index in [2.05, 4.69) is 31.0 Å². The molecule has 0 aromatic carbocycles. The lowest BCUT2D eigenvalue weighted by atomic mass is 9.96. The van der Waals surface area contributed by atoms with Crippen LogP contribution < -0.4 is 5.32 Å². The van der Waals surface area contributed by atoms with Crippen molar-refractivity contribution in [3.63, 3.8) is 0 Å². The second kappa shape index (κ2) is 6.17. The van der Waals surface area contributed by atoms with Gasteiger partial charge in [0.1, 0.15) is 6.23 Å². The fraction of sp³-hybridized carbons (Fsp3) is 1.00. The summed E-state index contributed by atoms with van der Waals surface area (Å²) in [7, 11) is 0. The Morgan fingerprint density at radius 3 is 2.82 bits per heavy atom. The minimum absolute atomic E-state index is 0.288. The molecule has 0 amide bonds. The minimum atomic E-state index is 0.288. The molecule has 0 radical (unpaired) electrons. The van der Waals surface area contributed by atoms with Crippen molar-refractivity contribution in [3.05, 3.63) is 0 Å². The highest BCUT2D eigenvalue weighted by molar-refractivity contribution is 4.82. The molecule has 2 fully saturated rings. The number of hydrogen-bond donors (Lipinski definition) is 1. The van der Waals surface area contributed by atoms with Crippen LogP contribution in [0, 0.1) is 5.92 Å². The molecule has 2 rings (SSSR count). The summed E-state index contributed by atoms with van der Waals surface area (Å²) in [5.74, 6) is 0.666. The van der Waals surface area contributed by atoms with E-state index in [1.165, 1.54) is 25.8 Å². The number of hydrogen-bond acceptors (Lipinski definition) is 3. The minimum Gasteiger partial charge on any atom is -0.363 e. The van der Waals surface area contributed by atoms with Gasteiger partial charge in [-0.15, -0.1) is 0 Å². The van der Waals surface area contributed by atoms with Gasteiger partial charge in [-0.3, -0.25) is 10.2 Å². The molecule has 1 N–H and O–H groups in total. The van der Waals surface area contributed by atoms with Crippen LogP contribution in [0.5, 0.6) is 0 Å². The third-order valence-electron chi connectivity index (χ3n) is 4.10. The Morgan fingerprint density at radius 2 is 2.18 bits per heavy atom. The molecule has 3 nitrogen and oxygen atoms in total. The van der Waals surface area contributed by atoms with E-state index in [0.29, 0.717) is 12.0 Å². The Balaban J connectivity index is 1.83. The third-order valence-corrected chi connectivity index (χ3v) is 4.10. The smallest absolute Gasteiger partial charge is 0.109 e. The largest absolute Gasteiger partial charge is 0.363 e. The third kappa shape index (κ3) is 3.67. The van der Waals surface area contributed by atoms with Gasteiger partial charge in [0.15, 0.2) is 0 Å². The van der Waals surface area contributed by atoms with Crippen molar-refractivity contribution in [2.24, 2.45) is 5.92 Å². The van der Waals surface area contributed by atoms with Gasteiger partial charge in [0.05, 0.1) is 6.61 Å². The van der Waals surface area contributed by atoms with E-state index in [-0.39, 0.29) is 6.23 Å². The van der Waals surface area contributed by atoms with Crippen LogP contribution in [-0.2, 0) is 4.74 Å². The second-order valence-electron chi connectivity index (χ2n) is 6.05. The van der Waals surface area contributed by atoms with E-state index in [0.717, 1.165) is 25.6 Å². The van der Waals surface area contributed by atoms with Crippen LogP contribution in [0.25, 0.3) is 0 Å². The maximum absolute atomic E-state index is 5.88. The summed E-state index contributed by atoms with van der Waals surface area (Å²) in [6, 6.07) is 1.39. The summed E-state index contributed by atoms with van der Waals surface area (Å²) in [6.45, 7) is 10.2. The van der Waals surface area contributed by atoms with Crippen LogP contribution in [0.1, 0.15) is 46.5 Å². The fourth-order valence-electron chi connectivity index (χ4n) is 3.09. The molecule has 0 aromatic rings. The highest BCUT2D eigenvalue weighted by Crippen LogP contribution is 2.24. The first-order valence-corrected chi connectivity index (χ1v) is 7.27. The van der Waals surface area contributed by atoms with E-state index < -0.39 is 0 Å². The first-order valence-electron chi connectivity index (χ1n) is 7.27. The fourth-order valence-corrected chi connectivity index (χ4v) is 3.09. The summed E-state index contributed by atoms with van der Waals surface area (Å²) >= 11 is 0. The molecule has 17 heavy (non-hydrogen) atoms. The van der Waals surface area contributed by atoms with Gasteiger partial charge in [0.2, 0.25) is 0 Å². The van der Waals surface area contributed by atoms with Gasteiger partial charge < -0.3 is 4.74 Å². The Hall–Kier alpha value is -0.120. The van der Waals surface area contributed by atoms with Crippen LogP contribution in [0.3, 0.4) is 0 Å². The van der Waals surface area contributed by atoms with Crippen LogP contribution in [-0.4, -0.2) is 42.9 Å². The Morgan fingerprint density at radius 1 is 1.35 bits per heavy atom. The average molecular weight is 240 g/mol. The number of rotatable bonds is 3. The van der Waals surface area contributed by atoms with Crippen molar-refractivity contribution < 1.29 is 4.74 Å². The predicted molar refractivity (Wildman–Crippen MR) is 71.0 cm³/mol. The predicted octanol–water partition coefficient (Wildman–Crippen LogP) is 2.22. The number of likely N-dealkylation sites (tertiary alicyclic amines) is 1. The topological polar surface area (TPSA) is 24.5 Å². The zero-order valence-electron chi connectivity index (χ0n) is 11.6. The molecule has 2 saturated heterocycles. The monoisotopic (exact) mass is 240 g/mol. The molecule has 100 valence electrons. The number of nitrogens with zero attached hydrogens (tertiary/aromatic N) is 1. The van der Waals surface area contributed by atoms with E-state index in [1.807, 2.05) is 0 Å². The van der Waals surface area contributed by atoms with Gasteiger partial charge in [0.25, 0.3) is 0 Å². The van der Waals surface area contributed by atoms with Crippen molar-refractivity contribution in [2.75, 3.05) is 19.7 Å². The lowest BCUT2D eigenvalue weighted by Crippen LogP contribution is -2.50. The van der Waals surface area contributed by atoms with Gasteiger partial charge in [-0.25, -0.2) is 0 Å². The molecular formula is C14H28N2O. The summed E-state index contributed by atoms with van der Waals surface area (Å²) in [5.41, 5.74) is 0. The normalized spacial score (nSPS) is 36.4. The molecule has 0 aromatic heterocycles. The molecule has 0 spiro atoms. The van der Waals surface area contributed by atoms with Crippen molar-refractivity contribution >= 4 is 0 Å². The van der Waals surface area contributed by atoms with Crippen LogP contribution in [0.2, 0.25) is 0 Å². The summed E-state index contributed by atoms with van der Waals surface area (Å²) in [4.78, 5) is 2.66. The standard InChI is InChI=1S/C14H28N2O/c1-11(2)16-7-5-4-6-13(16)8-14-15-9-12(3)10-17-14/h11-15H,4-10H2,1-3H3. The number of piperidine rings is 1. The molecule has 2 heterocycles. The van der Waals surface area contributed by atoms with Gasteiger partial charge in [-0.1, -0.05) is 13.3 Å². The van der Waals surface area contributed by atoms with Crippen molar-refractivity contribution in [3.8, 4) is 0 Å². The lowest BCUT2D eigenvalue weighted by Gasteiger charge is -2.41. The molecule has 0 saturated carbocycles. The molecular weight excluding hydrogens is 212 g/mol. The van der Waals surface area contributed by atoms with Crippen LogP contribution in [0.15, 0.2) is 0 Å². The SMILES string of the molecule is CC1CNC(CC2CCCCN2C(C)C)OC1. The van der Waals surface area contributed by atoms with E-state index >= 15 is 0 Å². The Labute approximate surface area is 106 Å². The highest BCUT2D eigenvalue weighted by Gasteiger charge is 2.28. The molecule has 0 aliphatic carbocycles. The Kier molecular flexibility index (Phi) is 4.83. The Bertz CT molecular complexity index is 224.